The van der Waals surface area contributed by atoms with Crippen LogP contribution in [0.3, 0.4) is 0 Å². The van der Waals surface area contributed by atoms with Crippen molar-refractivity contribution in [3.8, 4) is 5.88 Å². The van der Waals surface area contributed by atoms with Gasteiger partial charge in [0, 0.05) is 30.6 Å². The predicted molar refractivity (Wildman–Crippen MR) is 70.1 cm³/mol. The second-order valence-electron chi connectivity index (χ2n) is 3.80. The lowest BCUT2D eigenvalue weighted by molar-refractivity contribution is 0.229. The largest absolute Gasteiger partial charge is 0.475 e. The third-order valence-electron chi connectivity index (χ3n) is 2.00. The summed E-state index contributed by atoms with van der Waals surface area (Å²) in [6, 6.07) is 4.00. The summed E-state index contributed by atoms with van der Waals surface area (Å²) in [4.78, 5) is 4.25. The van der Waals surface area contributed by atoms with Crippen LogP contribution in [0.25, 0.3) is 0 Å². The maximum Gasteiger partial charge on any atom is 0.218 e. The topological polar surface area (TPSA) is 34.2 Å². The summed E-state index contributed by atoms with van der Waals surface area (Å²) in [5.41, 5.74) is 1.12. The van der Waals surface area contributed by atoms with Crippen molar-refractivity contribution in [2.75, 3.05) is 18.6 Å². The Hall–Kier alpha value is -0.740. The van der Waals surface area contributed by atoms with Gasteiger partial charge in [-0.3, -0.25) is 0 Å². The molecule has 0 unspecified atom stereocenters. The fourth-order valence-corrected chi connectivity index (χ4v) is 1.63. The lowest BCUT2D eigenvalue weighted by Crippen LogP contribution is -2.18. The van der Waals surface area contributed by atoms with E-state index < -0.39 is 0 Å². The molecule has 0 saturated heterocycles. The molecule has 1 N–H and O–H groups in total. The Morgan fingerprint density at radius 1 is 1.50 bits per heavy atom. The smallest absolute Gasteiger partial charge is 0.218 e. The van der Waals surface area contributed by atoms with Crippen molar-refractivity contribution in [2.24, 2.45) is 0 Å². The van der Waals surface area contributed by atoms with Crippen molar-refractivity contribution in [3.05, 3.63) is 23.9 Å². The third-order valence-corrected chi connectivity index (χ3v) is 2.61. The summed E-state index contributed by atoms with van der Waals surface area (Å²) in [7, 11) is 0. The Labute approximate surface area is 102 Å². The summed E-state index contributed by atoms with van der Waals surface area (Å²) < 4.78 is 5.65. The monoisotopic (exact) mass is 240 g/mol. The number of ether oxygens (including phenoxy) is 1. The van der Waals surface area contributed by atoms with E-state index in [1.54, 1.807) is 6.20 Å². The van der Waals surface area contributed by atoms with Gasteiger partial charge in [-0.15, -0.1) is 0 Å². The maximum atomic E-state index is 5.65. The number of aromatic nitrogens is 1. The molecule has 1 aromatic heterocycles. The summed E-state index contributed by atoms with van der Waals surface area (Å²) in [6.45, 7) is 5.85. The quantitative estimate of drug-likeness (QED) is 0.742. The van der Waals surface area contributed by atoms with Crippen LogP contribution in [0.5, 0.6) is 5.88 Å². The van der Waals surface area contributed by atoms with Crippen molar-refractivity contribution in [1.82, 2.24) is 10.3 Å². The molecule has 0 saturated carbocycles. The van der Waals surface area contributed by atoms with Crippen LogP contribution in [0.1, 0.15) is 19.4 Å². The minimum Gasteiger partial charge on any atom is -0.475 e. The SMILES string of the molecule is CSCCNCc1cccnc1OC(C)C. The van der Waals surface area contributed by atoms with Gasteiger partial charge in [0.2, 0.25) is 5.88 Å². The predicted octanol–water partition coefficient (Wildman–Crippen LogP) is 2.32. The summed E-state index contributed by atoms with van der Waals surface area (Å²) in [6.07, 6.45) is 4.04. The molecular formula is C12H20N2OS. The van der Waals surface area contributed by atoms with Gasteiger partial charge in [0.05, 0.1) is 6.10 Å². The van der Waals surface area contributed by atoms with Gasteiger partial charge in [0.25, 0.3) is 0 Å². The standard InChI is InChI=1S/C12H20N2OS/c1-10(2)15-12-11(5-4-6-14-12)9-13-7-8-16-3/h4-6,10,13H,7-9H2,1-3H3. The normalized spacial score (nSPS) is 10.8. The van der Waals surface area contributed by atoms with Crippen LogP contribution in [0.4, 0.5) is 0 Å². The first-order chi connectivity index (χ1) is 7.74. The lowest BCUT2D eigenvalue weighted by atomic mass is 10.2. The highest BCUT2D eigenvalue weighted by atomic mass is 32.2. The van der Waals surface area contributed by atoms with Crippen LogP contribution >= 0.6 is 11.8 Å². The highest BCUT2D eigenvalue weighted by molar-refractivity contribution is 7.98. The summed E-state index contributed by atoms with van der Waals surface area (Å²) >= 11 is 1.84. The highest BCUT2D eigenvalue weighted by Crippen LogP contribution is 2.15. The second kappa shape index (κ2) is 7.52. The number of thioether (sulfide) groups is 1. The second-order valence-corrected chi connectivity index (χ2v) is 4.79. The average Bonchev–Trinajstić information content (AvgIpc) is 2.26. The molecule has 0 fully saturated rings. The zero-order chi connectivity index (χ0) is 11.8. The van der Waals surface area contributed by atoms with Gasteiger partial charge in [-0.05, 0) is 26.2 Å². The Morgan fingerprint density at radius 2 is 2.31 bits per heavy atom. The van der Waals surface area contributed by atoms with Crippen LogP contribution in [0, 0.1) is 0 Å². The number of rotatable bonds is 7. The van der Waals surface area contributed by atoms with E-state index in [-0.39, 0.29) is 6.10 Å². The molecule has 0 spiro atoms. The molecule has 0 amide bonds. The van der Waals surface area contributed by atoms with E-state index in [1.165, 1.54) is 0 Å². The first kappa shape index (κ1) is 13.3. The van der Waals surface area contributed by atoms with E-state index in [0.717, 1.165) is 30.3 Å². The molecule has 3 nitrogen and oxygen atoms in total. The molecule has 1 heterocycles. The van der Waals surface area contributed by atoms with Gasteiger partial charge in [0.1, 0.15) is 0 Å². The molecule has 4 heteroatoms. The maximum absolute atomic E-state index is 5.65. The fourth-order valence-electron chi connectivity index (χ4n) is 1.29. The first-order valence-corrected chi connectivity index (χ1v) is 6.93. The van der Waals surface area contributed by atoms with Crippen molar-refractivity contribution < 1.29 is 4.74 Å². The van der Waals surface area contributed by atoms with E-state index in [1.807, 2.05) is 31.7 Å². The number of hydrogen-bond acceptors (Lipinski definition) is 4. The van der Waals surface area contributed by atoms with E-state index in [4.69, 9.17) is 4.74 Å². The molecule has 1 aromatic rings. The lowest BCUT2D eigenvalue weighted by Gasteiger charge is -2.13. The number of pyridine rings is 1. The zero-order valence-electron chi connectivity index (χ0n) is 10.2. The van der Waals surface area contributed by atoms with Crippen molar-refractivity contribution in [1.29, 1.82) is 0 Å². The Bertz CT molecular complexity index is 305. The van der Waals surface area contributed by atoms with Crippen LogP contribution in [-0.4, -0.2) is 29.6 Å². The van der Waals surface area contributed by atoms with Gasteiger partial charge in [-0.1, -0.05) is 6.07 Å². The third kappa shape index (κ3) is 4.86. The number of hydrogen-bond donors (Lipinski definition) is 1. The van der Waals surface area contributed by atoms with Gasteiger partial charge < -0.3 is 10.1 Å². The minimum absolute atomic E-state index is 0.167. The molecule has 90 valence electrons. The van der Waals surface area contributed by atoms with Gasteiger partial charge in [-0.2, -0.15) is 11.8 Å². The van der Waals surface area contributed by atoms with E-state index in [2.05, 4.69) is 22.6 Å². The van der Waals surface area contributed by atoms with Gasteiger partial charge >= 0.3 is 0 Å². The van der Waals surface area contributed by atoms with E-state index in [9.17, 15) is 0 Å². The molecule has 0 bridgehead atoms. The van der Waals surface area contributed by atoms with Crippen LogP contribution < -0.4 is 10.1 Å². The van der Waals surface area contributed by atoms with E-state index >= 15 is 0 Å². The number of nitrogens with zero attached hydrogens (tertiary/aromatic N) is 1. The molecule has 0 aliphatic rings. The highest BCUT2D eigenvalue weighted by Gasteiger charge is 2.05. The molecular weight excluding hydrogens is 220 g/mol. The Balaban J connectivity index is 2.50. The fraction of sp³-hybridized carbons (Fsp3) is 0.583. The molecule has 0 radical (unpaired) electrons. The zero-order valence-corrected chi connectivity index (χ0v) is 11.0. The summed E-state index contributed by atoms with van der Waals surface area (Å²) in [5, 5.41) is 3.38. The summed E-state index contributed by atoms with van der Waals surface area (Å²) in [5.74, 6) is 1.87. The number of nitrogens with one attached hydrogen (secondary N) is 1. The average molecular weight is 240 g/mol. The first-order valence-electron chi connectivity index (χ1n) is 5.54. The van der Waals surface area contributed by atoms with Crippen molar-refractivity contribution in [3.63, 3.8) is 0 Å². The van der Waals surface area contributed by atoms with E-state index in [0.29, 0.717) is 0 Å². The molecule has 16 heavy (non-hydrogen) atoms. The Kier molecular flexibility index (Phi) is 6.26. The van der Waals surface area contributed by atoms with Crippen LogP contribution in [0.15, 0.2) is 18.3 Å². The van der Waals surface area contributed by atoms with Crippen LogP contribution in [0.2, 0.25) is 0 Å². The molecule has 0 aromatic carbocycles. The molecule has 0 aliphatic carbocycles. The molecule has 0 atom stereocenters. The molecule has 1 rings (SSSR count). The Morgan fingerprint density at radius 3 is 3.00 bits per heavy atom. The van der Waals surface area contributed by atoms with Crippen LogP contribution in [-0.2, 0) is 6.54 Å². The van der Waals surface area contributed by atoms with Crippen molar-refractivity contribution in [2.45, 2.75) is 26.5 Å². The minimum atomic E-state index is 0.167. The van der Waals surface area contributed by atoms with Gasteiger partial charge in [0.15, 0.2) is 0 Å². The van der Waals surface area contributed by atoms with Crippen molar-refractivity contribution >= 4 is 11.8 Å². The molecule has 0 aliphatic heterocycles. The van der Waals surface area contributed by atoms with Gasteiger partial charge in [-0.25, -0.2) is 4.98 Å².